The van der Waals surface area contributed by atoms with Crippen LogP contribution in [0.1, 0.15) is 15.5 Å². The van der Waals surface area contributed by atoms with E-state index in [-0.39, 0.29) is 18.4 Å². The van der Waals surface area contributed by atoms with E-state index in [1.54, 1.807) is 18.4 Å². The van der Waals surface area contributed by atoms with Gasteiger partial charge in [0.15, 0.2) is 11.5 Å². The van der Waals surface area contributed by atoms with E-state index in [4.69, 9.17) is 0 Å². The first-order chi connectivity index (χ1) is 12.0. The molecule has 0 saturated carbocycles. The molecule has 0 aliphatic heterocycles. The molecule has 2 heterocycles. The number of imidazole rings is 1. The van der Waals surface area contributed by atoms with E-state index in [0.29, 0.717) is 17.2 Å². The Morgan fingerprint density at radius 3 is 2.80 bits per heavy atom. The van der Waals surface area contributed by atoms with Gasteiger partial charge in [-0.05, 0) is 25.1 Å². The highest BCUT2D eigenvalue weighted by atomic mass is 32.1. The SMILES string of the molecule is CNC(=O)c1c(NC)ncn1CC(=O)Nc1ccc2sc(C)nc2c1. The van der Waals surface area contributed by atoms with E-state index >= 15 is 0 Å². The molecule has 0 aliphatic carbocycles. The Labute approximate surface area is 148 Å². The van der Waals surface area contributed by atoms with Crippen LogP contribution in [0.25, 0.3) is 10.2 Å². The molecule has 0 atom stereocenters. The molecule has 3 aromatic rings. The lowest BCUT2D eigenvalue weighted by Gasteiger charge is -2.09. The first-order valence-corrected chi connectivity index (χ1v) is 8.45. The number of hydrogen-bond donors (Lipinski definition) is 3. The largest absolute Gasteiger partial charge is 0.371 e. The molecule has 25 heavy (non-hydrogen) atoms. The number of carbonyl (C=O) groups excluding carboxylic acids is 2. The summed E-state index contributed by atoms with van der Waals surface area (Å²) in [5.41, 5.74) is 1.83. The average molecular weight is 358 g/mol. The summed E-state index contributed by atoms with van der Waals surface area (Å²) in [6, 6.07) is 5.61. The molecule has 2 amide bonds. The molecule has 0 spiro atoms. The van der Waals surface area contributed by atoms with Crippen molar-refractivity contribution < 1.29 is 9.59 Å². The Kier molecular flexibility index (Phi) is 4.66. The van der Waals surface area contributed by atoms with Crippen molar-refractivity contribution in [3.63, 3.8) is 0 Å². The average Bonchev–Trinajstić information content (AvgIpc) is 3.15. The number of aromatic nitrogens is 3. The van der Waals surface area contributed by atoms with Gasteiger partial charge in [0.25, 0.3) is 5.91 Å². The number of aryl methyl sites for hydroxylation is 1. The van der Waals surface area contributed by atoms with Gasteiger partial charge in [0, 0.05) is 19.8 Å². The van der Waals surface area contributed by atoms with Crippen molar-refractivity contribution in [2.45, 2.75) is 13.5 Å². The van der Waals surface area contributed by atoms with Gasteiger partial charge in [0.2, 0.25) is 5.91 Å². The van der Waals surface area contributed by atoms with Crippen molar-refractivity contribution in [3.05, 3.63) is 35.2 Å². The van der Waals surface area contributed by atoms with Gasteiger partial charge >= 0.3 is 0 Å². The normalized spacial score (nSPS) is 10.7. The predicted octanol–water partition coefficient (Wildman–Crippen LogP) is 1.84. The van der Waals surface area contributed by atoms with Gasteiger partial charge in [-0.25, -0.2) is 9.97 Å². The van der Waals surface area contributed by atoms with Crippen molar-refractivity contribution in [2.24, 2.45) is 0 Å². The van der Waals surface area contributed by atoms with Crippen LogP contribution < -0.4 is 16.0 Å². The molecule has 130 valence electrons. The minimum Gasteiger partial charge on any atom is -0.371 e. The highest BCUT2D eigenvalue weighted by molar-refractivity contribution is 7.18. The van der Waals surface area contributed by atoms with Gasteiger partial charge in [-0.1, -0.05) is 0 Å². The van der Waals surface area contributed by atoms with Gasteiger partial charge < -0.3 is 20.5 Å². The second-order valence-electron chi connectivity index (χ2n) is 5.36. The number of nitrogens with one attached hydrogen (secondary N) is 3. The number of hydrogen-bond acceptors (Lipinski definition) is 6. The van der Waals surface area contributed by atoms with Crippen molar-refractivity contribution in [1.29, 1.82) is 0 Å². The Morgan fingerprint density at radius 2 is 2.08 bits per heavy atom. The van der Waals surface area contributed by atoms with E-state index in [2.05, 4.69) is 25.9 Å². The lowest BCUT2D eigenvalue weighted by Crippen LogP contribution is -2.26. The van der Waals surface area contributed by atoms with E-state index in [0.717, 1.165) is 15.2 Å². The second-order valence-corrected chi connectivity index (χ2v) is 6.60. The van der Waals surface area contributed by atoms with Crippen LogP contribution in [0.15, 0.2) is 24.5 Å². The molecule has 8 nitrogen and oxygen atoms in total. The number of amides is 2. The quantitative estimate of drug-likeness (QED) is 0.646. The monoisotopic (exact) mass is 358 g/mol. The number of benzene rings is 1. The van der Waals surface area contributed by atoms with Gasteiger partial charge in [0.05, 0.1) is 21.6 Å². The van der Waals surface area contributed by atoms with Crippen LogP contribution >= 0.6 is 11.3 Å². The van der Waals surface area contributed by atoms with E-state index in [9.17, 15) is 9.59 Å². The highest BCUT2D eigenvalue weighted by Gasteiger charge is 2.18. The first-order valence-electron chi connectivity index (χ1n) is 7.64. The number of fused-ring (bicyclic) bond motifs is 1. The molecule has 0 radical (unpaired) electrons. The molecule has 0 unspecified atom stereocenters. The summed E-state index contributed by atoms with van der Waals surface area (Å²) < 4.78 is 2.58. The maximum Gasteiger partial charge on any atom is 0.271 e. The minimum absolute atomic E-state index is 0.0223. The summed E-state index contributed by atoms with van der Waals surface area (Å²) in [6.07, 6.45) is 1.46. The Bertz CT molecular complexity index is 945. The third kappa shape index (κ3) is 3.45. The summed E-state index contributed by atoms with van der Waals surface area (Å²) >= 11 is 1.61. The van der Waals surface area contributed by atoms with Crippen LogP contribution in [0.2, 0.25) is 0 Å². The van der Waals surface area contributed by atoms with Crippen LogP contribution in [-0.2, 0) is 11.3 Å². The molecular formula is C16H18N6O2S. The van der Waals surface area contributed by atoms with Crippen LogP contribution in [-0.4, -0.2) is 40.4 Å². The van der Waals surface area contributed by atoms with Crippen LogP contribution in [0.5, 0.6) is 0 Å². The summed E-state index contributed by atoms with van der Waals surface area (Å²) in [4.78, 5) is 32.9. The van der Waals surface area contributed by atoms with Gasteiger partial charge in [-0.3, -0.25) is 9.59 Å². The standard InChI is InChI=1S/C16H18N6O2S/c1-9-20-11-6-10(4-5-12(11)25-9)21-13(23)7-22-8-19-15(17-2)14(22)16(24)18-3/h4-6,8,17H,7H2,1-3H3,(H,18,24)(H,21,23). The Morgan fingerprint density at radius 1 is 1.28 bits per heavy atom. The van der Waals surface area contributed by atoms with E-state index in [1.807, 2.05) is 25.1 Å². The number of nitrogens with zero attached hydrogens (tertiary/aromatic N) is 3. The molecule has 9 heteroatoms. The van der Waals surface area contributed by atoms with E-state index < -0.39 is 0 Å². The summed E-state index contributed by atoms with van der Waals surface area (Å²) in [7, 11) is 3.20. The minimum atomic E-state index is -0.311. The van der Waals surface area contributed by atoms with E-state index in [1.165, 1.54) is 17.9 Å². The molecule has 0 fully saturated rings. The number of carbonyl (C=O) groups is 2. The van der Waals surface area contributed by atoms with Crippen molar-refractivity contribution in [1.82, 2.24) is 19.9 Å². The van der Waals surface area contributed by atoms with Crippen LogP contribution in [0.4, 0.5) is 11.5 Å². The van der Waals surface area contributed by atoms with Crippen molar-refractivity contribution >= 4 is 44.9 Å². The fourth-order valence-electron chi connectivity index (χ4n) is 2.52. The maximum atomic E-state index is 12.4. The second kappa shape index (κ2) is 6.89. The zero-order valence-electron chi connectivity index (χ0n) is 14.1. The fraction of sp³-hybridized carbons (Fsp3) is 0.250. The maximum absolute atomic E-state index is 12.4. The number of thiazole rings is 1. The lowest BCUT2D eigenvalue weighted by molar-refractivity contribution is -0.116. The fourth-order valence-corrected chi connectivity index (χ4v) is 3.32. The molecular weight excluding hydrogens is 340 g/mol. The Balaban J connectivity index is 1.77. The third-order valence-electron chi connectivity index (χ3n) is 3.61. The molecule has 0 saturated heterocycles. The zero-order chi connectivity index (χ0) is 18.0. The lowest BCUT2D eigenvalue weighted by atomic mass is 10.3. The summed E-state index contributed by atoms with van der Waals surface area (Å²) in [6.45, 7) is 1.92. The van der Waals surface area contributed by atoms with Crippen LogP contribution in [0.3, 0.4) is 0 Å². The topological polar surface area (TPSA) is 101 Å². The third-order valence-corrected chi connectivity index (χ3v) is 4.56. The van der Waals surface area contributed by atoms with Crippen molar-refractivity contribution in [2.75, 3.05) is 24.7 Å². The highest BCUT2D eigenvalue weighted by Crippen LogP contribution is 2.24. The summed E-state index contributed by atoms with van der Waals surface area (Å²) in [5, 5.41) is 9.20. The van der Waals surface area contributed by atoms with Gasteiger partial charge in [0.1, 0.15) is 6.54 Å². The Hall–Kier alpha value is -2.94. The number of anilines is 2. The van der Waals surface area contributed by atoms with Crippen LogP contribution in [0, 0.1) is 6.92 Å². The van der Waals surface area contributed by atoms with Crippen molar-refractivity contribution in [3.8, 4) is 0 Å². The predicted molar refractivity (Wildman–Crippen MR) is 98.2 cm³/mol. The molecule has 1 aromatic carbocycles. The molecule has 0 bridgehead atoms. The molecule has 3 N–H and O–H groups in total. The van der Waals surface area contributed by atoms with Gasteiger partial charge in [-0.2, -0.15) is 0 Å². The molecule has 3 rings (SSSR count). The smallest absolute Gasteiger partial charge is 0.271 e. The zero-order valence-corrected chi connectivity index (χ0v) is 14.9. The first kappa shape index (κ1) is 16.9. The van der Waals surface area contributed by atoms with Gasteiger partial charge in [-0.15, -0.1) is 11.3 Å². The number of rotatable bonds is 5. The molecule has 2 aromatic heterocycles. The molecule has 0 aliphatic rings. The summed E-state index contributed by atoms with van der Waals surface area (Å²) in [5.74, 6) is -0.142.